The van der Waals surface area contributed by atoms with Crippen LogP contribution in [0.5, 0.6) is 11.5 Å². The van der Waals surface area contributed by atoms with Crippen LogP contribution in [0.1, 0.15) is 110 Å². The third kappa shape index (κ3) is 11.8. The van der Waals surface area contributed by atoms with E-state index in [9.17, 15) is 18.6 Å². The molecule has 0 aromatic heterocycles. The Morgan fingerprint density at radius 3 is 1.77 bits per heavy atom. The lowest BCUT2D eigenvalue weighted by atomic mass is 10.0. The minimum absolute atomic E-state index is 0.227. The fourth-order valence-corrected chi connectivity index (χ4v) is 4.87. The van der Waals surface area contributed by atoms with E-state index in [1.54, 1.807) is 6.92 Å². The van der Waals surface area contributed by atoms with Gasteiger partial charge in [-0.05, 0) is 25.5 Å². The number of phenolic OH excluding ortho intramolecular Hbond substituents is 2. The van der Waals surface area contributed by atoms with E-state index in [1.165, 1.54) is 83.1 Å². The lowest BCUT2D eigenvalue weighted by molar-refractivity contribution is 0.212. The normalized spacial score (nSPS) is 12.9. The Hall–Kier alpha value is -1.27. The molecular formula is C24H42O5S. The zero-order valence-electron chi connectivity index (χ0n) is 18.9. The van der Waals surface area contributed by atoms with Crippen LogP contribution < -0.4 is 0 Å². The van der Waals surface area contributed by atoms with Gasteiger partial charge in [-0.3, -0.25) is 4.18 Å². The molecular weight excluding hydrogens is 400 g/mol. The van der Waals surface area contributed by atoms with E-state index in [0.29, 0.717) is 6.42 Å². The standard InChI is InChI=1S/C24H42O5S/c1-3-4-5-6-7-8-9-10-11-12-13-14-15-16-17-21(2)29-30(27,28)24-20-22(25)18-19-23(24)26/h18-21,25-26H,3-17H2,1-2H3. The summed E-state index contributed by atoms with van der Waals surface area (Å²) in [4.78, 5) is -0.393. The molecule has 174 valence electrons. The first-order chi connectivity index (χ1) is 14.4. The molecule has 5 nitrogen and oxygen atoms in total. The van der Waals surface area contributed by atoms with Gasteiger partial charge >= 0.3 is 10.1 Å². The van der Waals surface area contributed by atoms with Crippen molar-refractivity contribution in [2.24, 2.45) is 0 Å². The summed E-state index contributed by atoms with van der Waals surface area (Å²) >= 11 is 0. The highest BCUT2D eigenvalue weighted by Crippen LogP contribution is 2.29. The van der Waals surface area contributed by atoms with Crippen molar-refractivity contribution >= 4 is 10.1 Å². The lowest BCUT2D eigenvalue weighted by Gasteiger charge is -2.14. The van der Waals surface area contributed by atoms with Gasteiger partial charge in [0.25, 0.3) is 0 Å². The molecule has 0 radical (unpaired) electrons. The van der Waals surface area contributed by atoms with E-state index in [-0.39, 0.29) is 5.75 Å². The highest BCUT2D eigenvalue weighted by Gasteiger charge is 2.23. The summed E-state index contributed by atoms with van der Waals surface area (Å²) in [6.07, 6.45) is 18.1. The molecule has 6 heteroatoms. The lowest BCUT2D eigenvalue weighted by Crippen LogP contribution is -2.15. The van der Waals surface area contributed by atoms with Crippen LogP contribution in [-0.2, 0) is 14.3 Å². The summed E-state index contributed by atoms with van der Waals surface area (Å²) in [5.41, 5.74) is 0. The quantitative estimate of drug-likeness (QED) is 0.144. The zero-order chi connectivity index (χ0) is 22.2. The Balaban J connectivity index is 2.04. The summed E-state index contributed by atoms with van der Waals surface area (Å²) in [6, 6.07) is 3.38. The molecule has 0 bridgehead atoms. The van der Waals surface area contributed by atoms with Crippen molar-refractivity contribution < 1.29 is 22.8 Å². The minimum Gasteiger partial charge on any atom is -0.508 e. The van der Waals surface area contributed by atoms with E-state index in [0.717, 1.165) is 25.0 Å². The highest BCUT2D eigenvalue weighted by atomic mass is 32.2. The maximum atomic E-state index is 12.3. The molecule has 0 spiro atoms. The Kier molecular flexibility index (Phi) is 13.8. The van der Waals surface area contributed by atoms with Crippen molar-refractivity contribution in [2.75, 3.05) is 0 Å². The Morgan fingerprint density at radius 2 is 1.27 bits per heavy atom. The van der Waals surface area contributed by atoms with Gasteiger partial charge in [0, 0.05) is 6.07 Å². The monoisotopic (exact) mass is 442 g/mol. The molecule has 0 aliphatic heterocycles. The molecule has 0 amide bonds. The SMILES string of the molecule is CCCCCCCCCCCCCCCCC(C)OS(=O)(=O)c1cc(O)ccc1O. The van der Waals surface area contributed by atoms with Gasteiger partial charge in [0.1, 0.15) is 16.4 Å². The molecule has 0 aliphatic carbocycles. The van der Waals surface area contributed by atoms with E-state index in [2.05, 4.69) is 6.92 Å². The molecule has 0 saturated carbocycles. The topological polar surface area (TPSA) is 83.8 Å². The molecule has 0 aliphatic rings. The van der Waals surface area contributed by atoms with Crippen LogP contribution in [0.3, 0.4) is 0 Å². The summed E-state index contributed by atoms with van der Waals surface area (Å²) in [7, 11) is -4.09. The summed E-state index contributed by atoms with van der Waals surface area (Å²) in [5, 5.41) is 19.2. The van der Waals surface area contributed by atoms with Gasteiger partial charge in [-0.15, -0.1) is 0 Å². The number of benzene rings is 1. The smallest absolute Gasteiger partial charge is 0.301 e. The molecule has 0 heterocycles. The number of phenols is 2. The number of aromatic hydroxyl groups is 2. The third-order valence-corrected chi connectivity index (χ3v) is 6.92. The van der Waals surface area contributed by atoms with E-state index >= 15 is 0 Å². The first kappa shape index (κ1) is 26.8. The Morgan fingerprint density at radius 1 is 0.800 bits per heavy atom. The average Bonchev–Trinajstić information content (AvgIpc) is 2.69. The van der Waals surface area contributed by atoms with Crippen LogP contribution in [0.4, 0.5) is 0 Å². The van der Waals surface area contributed by atoms with Gasteiger partial charge in [0.2, 0.25) is 0 Å². The number of hydrogen-bond donors (Lipinski definition) is 2. The second kappa shape index (κ2) is 15.5. The summed E-state index contributed by atoms with van der Waals surface area (Å²) in [6.45, 7) is 3.98. The van der Waals surface area contributed by atoms with Crippen molar-refractivity contribution in [2.45, 2.75) is 121 Å². The number of unbranched alkanes of at least 4 members (excludes halogenated alkanes) is 13. The maximum Gasteiger partial charge on any atom is 0.301 e. The van der Waals surface area contributed by atoms with Gasteiger partial charge in [-0.2, -0.15) is 8.42 Å². The molecule has 2 N–H and O–H groups in total. The first-order valence-electron chi connectivity index (χ1n) is 11.8. The van der Waals surface area contributed by atoms with Gasteiger partial charge in [-0.1, -0.05) is 96.8 Å². The fraction of sp³-hybridized carbons (Fsp3) is 0.750. The number of rotatable bonds is 18. The van der Waals surface area contributed by atoms with E-state index < -0.39 is 26.9 Å². The Bertz CT molecular complexity index is 672. The predicted molar refractivity (Wildman–Crippen MR) is 122 cm³/mol. The Labute approximate surface area is 184 Å². The van der Waals surface area contributed by atoms with Crippen LogP contribution in [0.25, 0.3) is 0 Å². The van der Waals surface area contributed by atoms with Crippen LogP contribution in [0.2, 0.25) is 0 Å². The van der Waals surface area contributed by atoms with Crippen LogP contribution >= 0.6 is 0 Å². The van der Waals surface area contributed by atoms with E-state index in [1.807, 2.05) is 0 Å². The molecule has 1 rings (SSSR count). The molecule has 1 aromatic carbocycles. The average molecular weight is 443 g/mol. The van der Waals surface area contributed by atoms with Crippen molar-refractivity contribution in [1.29, 1.82) is 0 Å². The van der Waals surface area contributed by atoms with Crippen LogP contribution in [0, 0.1) is 0 Å². The van der Waals surface area contributed by atoms with E-state index in [4.69, 9.17) is 4.18 Å². The van der Waals surface area contributed by atoms with Crippen LogP contribution in [0.15, 0.2) is 23.1 Å². The molecule has 1 unspecified atom stereocenters. The third-order valence-electron chi connectivity index (χ3n) is 5.47. The second-order valence-electron chi connectivity index (χ2n) is 8.40. The maximum absolute atomic E-state index is 12.3. The van der Waals surface area contributed by atoms with Crippen molar-refractivity contribution in [3.05, 3.63) is 18.2 Å². The minimum atomic E-state index is -4.09. The number of hydrogen-bond acceptors (Lipinski definition) is 5. The van der Waals surface area contributed by atoms with Gasteiger partial charge < -0.3 is 10.2 Å². The molecule has 0 fully saturated rings. The summed E-state index contributed by atoms with van der Waals surface area (Å²) < 4.78 is 29.7. The molecule has 1 aromatic rings. The largest absolute Gasteiger partial charge is 0.508 e. The van der Waals surface area contributed by atoms with Gasteiger partial charge in [0.05, 0.1) is 6.10 Å². The fourth-order valence-electron chi connectivity index (χ4n) is 3.65. The molecule has 0 saturated heterocycles. The zero-order valence-corrected chi connectivity index (χ0v) is 19.8. The second-order valence-corrected chi connectivity index (χ2v) is 9.94. The van der Waals surface area contributed by atoms with Crippen molar-refractivity contribution in [1.82, 2.24) is 0 Å². The first-order valence-corrected chi connectivity index (χ1v) is 13.2. The highest BCUT2D eigenvalue weighted by molar-refractivity contribution is 7.86. The summed E-state index contributed by atoms with van der Waals surface area (Å²) in [5.74, 6) is -0.647. The predicted octanol–water partition coefficient (Wildman–Crippen LogP) is 7.06. The van der Waals surface area contributed by atoms with Crippen molar-refractivity contribution in [3.8, 4) is 11.5 Å². The van der Waals surface area contributed by atoms with Gasteiger partial charge in [0.15, 0.2) is 0 Å². The van der Waals surface area contributed by atoms with Crippen molar-refractivity contribution in [3.63, 3.8) is 0 Å². The van der Waals surface area contributed by atoms with Gasteiger partial charge in [-0.25, -0.2) is 0 Å². The molecule has 1 atom stereocenters. The van der Waals surface area contributed by atoms with Crippen LogP contribution in [-0.4, -0.2) is 24.7 Å². The molecule has 30 heavy (non-hydrogen) atoms.